The van der Waals surface area contributed by atoms with Crippen LogP contribution in [0, 0.1) is 0 Å². The average Bonchev–Trinajstić information content (AvgIpc) is 2.37. The van der Waals surface area contributed by atoms with Crippen molar-refractivity contribution in [3.05, 3.63) is 0 Å². The summed E-state index contributed by atoms with van der Waals surface area (Å²) in [6.07, 6.45) is 11.3. The van der Waals surface area contributed by atoms with Gasteiger partial charge in [0.2, 0.25) is 0 Å². The summed E-state index contributed by atoms with van der Waals surface area (Å²) in [6.45, 7) is 10.6. The van der Waals surface area contributed by atoms with Crippen molar-refractivity contribution in [2.24, 2.45) is 0 Å². The third kappa shape index (κ3) is 6.75. The monoisotopic (exact) mass is 254 g/mol. The molecule has 1 unspecified atom stereocenters. The van der Waals surface area contributed by atoms with Gasteiger partial charge in [-0.25, -0.2) is 0 Å². The van der Waals surface area contributed by atoms with Gasteiger partial charge in [0.05, 0.1) is 0 Å². The van der Waals surface area contributed by atoms with Gasteiger partial charge in [0, 0.05) is 18.6 Å². The lowest BCUT2D eigenvalue weighted by Gasteiger charge is -2.36. The fourth-order valence-corrected chi connectivity index (χ4v) is 2.88. The Labute approximate surface area is 115 Å². The minimum atomic E-state index is 0.623. The summed E-state index contributed by atoms with van der Waals surface area (Å²) < 4.78 is 0. The molecule has 1 aliphatic rings. The van der Waals surface area contributed by atoms with Crippen LogP contribution >= 0.6 is 0 Å². The van der Waals surface area contributed by atoms with Crippen molar-refractivity contribution in [1.82, 2.24) is 10.2 Å². The molecule has 0 amide bonds. The van der Waals surface area contributed by atoms with Gasteiger partial charge in [0.15, 0.2) is 0 Å². The van der Waals surface area contributed by atoms with Crippen molar-refractivity contribution in [3.63, 3.8) is 0 Å². The Morgan fingerprint density at radius 1 is 1.11 bits per heavy atom. The number of hydrogen-bond donors (Lipinski definition) is 1. The predicted octanol–water partition coefficient (Wildman–Crippen LogP) is 3.81. The van der Waals surface area contributed by atoms with Gasteiger partial charge in [0.1, 0.15) is 0 Å². The van der Waals surface area contributed by atoms with Crippen LogP contribution < -0.4 is 5.32 Å². The topological polar surface area (TPSA) is 15.3 Å². The zero-order valence-corrected chi connectivity index (χ0v) is 12.9. The molecule has 0 saturated carbocycles. The van der Waals surface area contributed by atoms with Crippen molar-refractivity contribution >= 4 is 0 Å². The van der Waals surface area contributed by atoms with Crippen LogP contribution in [0.2, 0.25) is 0 Å². The summed E-state index contributed by atoms with van der Waals surface area (Å²) in [7, 11) is 0. The molecule has 1 heterocycles. The molecule has 0 aromatic heterocycles. The largest absolute Gasteiger partial charge is 0.313 e. The molecule has 18 heavy (non-hydrogen) atoms. The molecular weight excluding hydrogens is 220 g/mol. The molecule has 1 rings (SSSR count). The van der Waals surface area contributed by atoms with E-state index < -0.39 is 0 Å². The van der Waals surface area contributed by atoms with Crippen LogP contribution in [-0.4, -0.2) is 36.6 Å². The van der Waals surface area contributed by atoms with E-state index in [0.717, 1.165) is 6.04 Å². The maximum atomic E-state index is 3.61. The van der Waals surface area contributed by atoms with E-state index in [2.05, 4.69) is 31.0 Å². The Morgan fingerprint density at radius 2 is 1.89 bits per heavy atom. The smallest absolute Gasteiger partial charge is 0.0220 e. The molecule has 0 bridgehead atoms. The Balaban J connectivity index is 2.17. The molecular formula is C16H34N2. The summed E-state index contributed by atoms with van der Waals surface area (Å²) in [5.74, 6) is 0. The van der Waals surface area contributed by atoms with E-state index >= 15 is 0 Å². The fourth-order valence-electron chi connectivity index (χ4n) is 2.88. The average molecular weight is 254 g/mol. The van der Waals surface area contributed by atoms with E-state index in [9.17, 15) is 0 Å². The van der Waals surface area contributed by atoms with Gasteiger partial charge in [0.25, 0.3) is 0 Å². The molecule has 1 N–H and O–H groups in total. The zero-order valence-electron chi connectivity index (χ0n) is 12.9. The number of hydrogen-bond acceptors (Lipinski definition) is 2. The Hall–Kier alpha value is -0.0800. The second-order valence-corrected chi connectivity index (χ2v) is 6.16. The number of rotatable bonds is 9. The Bertz CT molecular complexity index is 192. The molecule has 1 saturated heterocycles. The van der Waals surface area contributed by atoms with E-state index in [-0.39, 0.29) is 0 Å². The van der Waals surface area contributed by atoms with E-state index in [1.807, 2.05) is 0 Å². The molecule has 0 radical (unpaired) electrons. The van der Waals surface area contributed by atoms with E-state index in [1.165, 1.54) is 71.0 Å². The molecule has 0 aliphatic carbocycles. The highest BCUT2D eigenvalue weighted by Crippen LogP contribution is 2.17. The van der Waals surface area contributed by atoms with Crippen LogP contribution in [0.15, 0.2) is 0 Å². The number of piperidine rings is 1. The summed E-state index contributed by atoms with van der Waals surface area (Å²) in [5.41, 5.74) is 0. The van der Waals surface area contributed by atoms with Crippen LogP contribution in [0.4, 0.5) is 0 Å². The van der Waals surface area contributed by atoms with Crippen molar-refractivity contribution < 1.29 is 0 Å². The third-order valence-electron chi connectivity index (χ3n) is 4.06. The molecule has 1 aliphatic heterocycles. The second-order valence-electron chi connectivity index (χ2n) is 6.16. The van der Waals surface area contributed by atoms with Crippen LogP contribution in [0.25, 0.3) is 0 Å². The minimum Gasteiger partial charge on any atom is -0.313 e. The van der Waals surface area contributed by atoms with Crippen molar-refractivity contribution in [3.8, 4) is 0 Å². The normalized spacial score (nSPS) is 21.7. The molecule has 2 nitrogen and oxygen atoms in total. The quantitative estimate of drug-likeness (QED) is 0.629. The highest BCUT2D eigenvalue weighted by molar-refractivity contribution is 4.79. The highest BCUT2D eigenvalue weighted by Gasteiger charge is 2.21. The van der Waals surface area contributed by atoms with Crippen LogP contribution in [-0.2, 0) is 0 Å². The van der Waals surface area contributed by atoms with Crippen LogP contribution in [0.1, 0.15) is 72.1 Å². The van der Waals surface area contributed by atoms with Gasteiger partial charge < -0.3 is 5.32 Å². The molecule has 2 heteroatoms. The highest BCUT2D eigenvalue weighted by atomic mass is 15.2. The maximum Gasteiger partial charge on any atom is 0.0220 e. The molecule has 0 aromatic rings. The summed E-state index contributed by atoms with van der Waals surface area (Å²) in [5, 5.41) is 3.61. The van der Waals surface area contributed by atoms with Gasteiger partial charge in [-0.15, -0.1) is 0 Å². The molecule has 0 spiro atoms. The number of nitrogens with zero attached hydrogens (tertiary/aromatic N) is 1. The van der Waals surface area contributed by atoms with E-state index in [4.69, 9.17) is 0 Å². The maximum absolute atomic E-state index is 3.61. The van der Waals surface area contributed by atoms with Gasteiger partial charge in [-0.05, 0) is 32.4 Å². The molecule has 0 aromatic carbocycles. The first kappa shape index (κ1) is 16.0. The van der Waals surface area contributed by atoms with Crippen LogP contribution in [0.5, 0.6) is 0 Å². The number of likely N-dealkylation sites (tertiary alicyclic amines) is 1. The van der Waals surface area contributed by atoms with E-state index in [0.29, 0.717) is 6.04 Å². The lowest BCUT2D eigenvalue weighted by Crippen LogP contribution is -2.47. The Morgan fingerprint density at radius 3 is 2.61 bits per heavy atom. The van der Waals surface area contributed by atoms with Crippen LogP contribution in [0.3, 0.4) is 0 Å². The molecule has 108 valence electrons. The standard InChI is InChI=1S/C16H34N2/c1-4-5-6-7-9-12-18-13-10-8-11-16(18)14-17-15(2)3/h15-17H,4-14H2,1-3H3. The molecule has 1 atom stereocenters. The van der Waals surface area contributed by atoms with Gasteiger partial charge in [-0.3, -0.25) is 4.90 Å². The van der Waals surface area contributed by atoms with E-state index in [1.54, 1.807) is 0 Å². The van der Waals surface area contributed by atoms with Gasteiger partial charge in [-0.2, -0.15) is 0 Å². The van der Waals surface area contributed by atoms with Crippen molar-refractivity contribution in [1.29, 1.82) is 0 Å². The second kappa shape index (κ2) is 9.80. The summed E-state index contributed by atoms with van der Waals surface area (Å²) in [4.78, 5) is 2.74. The lowest BCUT2D eigenvalue weighted by atomic mass is 10.0. The van der Waals surface area contributed by atoms with Gasteiger partial charge in [-0.1, -0.05) is 52.9 Å². The van der Waals surface area contributed by atoms with Crippen molar-refractivity contribution in [2.75, 3.05) is 19.6 Å². The SMILES string of the molecule is CCCCCCCN1CCCCC1CNC(C)C. The van der Waals surface area contributed by atoms with Gasteiger partial charge >= 0.3 is 0 Å². The number of unbranched alkanes of at least 4 members (excludes halogenated alkanes) is 4. The molecule has 1 fully saturated rings. The third-order valence-corrected chi connectivity index (χ3v) is 4.06. The number of nitrogens with one attached hydrogen (secondary N) is 1. The minimum absolute atomic E-state index is 0.623. The lowest BCUT2D eigenvalue weighted by molar-refractivity contribution is 0.141. The Kier molecular flexibility index (Phi) is 8.70. The summed E-state index contributed by atoms with van der Waals surface area (Å²) >= 11 is 0. The summed E-state index contributed by atoms with van der Waals surface area (Å²) in [6, 6.07) is 1.42. The van der Waals surface area contributed by atoms with Crippen molar-refractivity contribution in [2.45, 2.75) is 84.2 Å². The zero-order chi connectivity index (χ0) is 13.2. The predicted molar refractivity (Wildman–Crippen MR) is 81.1 cm³/mol. The first-order valence-corrected chi connectivity index (χ1v) is 8.21. The first-order chi connectivity index (χ1) is 8.74. The fraction of sp³-hybridized carbons (Fsp3) is 1.00. The first-order valence-electron chi connectivity index (χ1n) is 8.21.